The molecule has 0 radical (unpaired) electrons. The molecule has 0 aliphatic carbocycles. The Kier molecular flexibility index (Phi) is 8.08. The Morgan fingerprint density at radius 3 is 2.33 bits per heavy atom. The molecule has 1 aromatic heterocycles. The first-order valence-electron chi connectivity index (χ1n) is 12.1. The molecule has 0 saturated carbocycles. The van der Waals surface area contributed by atoms with E-state index < -0.39 is 12.1 Å². The molecule has 13 nitrogen and oxygen atoms in total. The maximum Gasteiger partial charge on any atom is 0.407 e. The van der Waals surface area contributed by atoms with Crippen LogP contribution in [0.5, 0.6) is 11.5 Å². The zero-order valence-electron chi connectivity index (χ0n) is 21.4. The van der Waals surface area contributed by atoms with Gasteiger partial charge in [0.2, 0.25) is 0 Å². The molecule has 204 valence electrons. The van der Waals surface area contributed by atoms with E-state index in [1.54, 1.807) is 0 Å². The summed E-state index contributed by atoms with van der Waals surface area (Å²) in [5, 5.41) is 22.0. The van der Waals surface area contributed by atoms with Gasteiger partial charge < -0.3 is 24.6 Å². The number of hydrogen-bond acceptors (Lipinski definition) is 10. The van der Waals surface area contributed by atoms with Crippen LogP contribution in [0.3, 0.4) is 0 Å². The van der Waals surface area contributed by atoms with Gasteiger partial charge in [-0.2, -0.15) is 0 Å². The Labute approximate surface area is 222 Å². The highest BCUT2D eigenvalue weighted by molar-refractivity contribution is 6.22. The molecule has 3 amide bonds. The van der Waals surface area contributed by atoms with Gasteiger partial charge in [0.15, 0.2) is 11.5 Å². The summed E-state index contributed by atoms with van der Waals surface area (Å²) in [5.74, 6) is -1.53. The van der Waals surface area contributed by atoms with E-state index >= 15 is 0 Å². The fraction of sp³-hybridized carbons (Fsp3) is 0.308. The number of nitrogens with one attached hydrogen (secondary N) is 1. The van der Waals surface area contributed by atoms with E-state index in [1.165, 1.54) is 36.3 Å². The first-order valence-corrected chi connectivity index (χ1v) is 12.1. The number of benzene rings is 2. The number of methoxy groups -OCH3 is 1. The van der Waals surface area contributed by atoms with Crippen molar-refractivity contribution in [2.75, 3.05) is 26.8 Å². The van der Waals surface area contributed by atoms with Crippen molar-refractivity contribution in [3.63, 3.8) is 0 Å². The molecule has 13 heteroatoms. The second-order valence-corrected chi connectivity index (χ2v) is 8.53. The molecule has 0 atom stereocenters. The van der Waals surface area contributed by atoms with Gasteiger partial charge in [0.05, 0.1) is 24.8 Å². The third kappa shape index (κ3) is 5.66. The Hall–Kier alpha value is -4.94. The fourth-order valence-electron chi connectivity index (χ4n) is 3.93. The van der Waals surface area contributed by atoms with Gasteiger partial charge in [0, 0.05) is 12.6 Å². The van der Waals surface area contributed by atoms with Gasteiger partial charge in [-0.3, -0.25) is 14.5 Å². The van der Waals surface area contributed by atoms with Crippen LogP contribution in [-0.4, -0.2) is 75.7 Å². The minimum Gasteiger partial charge on any atom is -0.503 e. The lowest BCUT2D eigenvalue weighted by atomic mass is 10.1. The van der Waals surface area contributed by atoms with Crippen LogP contribution in [0.1, 0.15) is 46.0 Å². The molecule has 3 aromatic rings. The zero-order chi connectivity index (χ0) is 28.1. The number of ether oxygens (including phenoxy) is 3. The number of carbonyl (C=O) groups is 4. The van der Waals surface area contributed by atoms with Crippen LogP contribution < -0.4 is 10.1 Å². The highest BCUT2D eigenvalue weighted by Crippen LogP contribution is 2.35. The molecule has 2 N–H and O–H groups in total. The Bertz CT molecular complexity index is 1410. The average molecular weight is 538 g/mol. The third-order valence-electron chi connectivity index (χ3n) is 5.91. The molecule has 2 heterocycles. The Morgan fingerprint density at radius 2 is 1.74 bits per heavy atom. The monoisotopic (exact) mass is 537 g/mol. The lowest BCUT2D eigenvalue weighted by Gasteiger charge is -2.12. The molecule has 0 unspecified atom stereocenters. The van der Waals surface area contributed by atoms with E-state index in [9.17, 15) is 24.3 Å². The topological polar surface area (TPSA) is 162 Å². The van der Waals surface area contributed by atoms with E-state index in [-0.39, 0.29) is 59.9 Å². The van der Waals surface area contributed by atoms with Crippen molar-refractivity contribution in [2.45, 2.75) is 26.4 Å². The van der Waals surface area contributed by atoms with Crippen LogP contribution in [0.15, 0.2) is 36.9 Å². The number of unbranched alkanes of at least 4 members (excludes halogenated alkanes) is 1. The summed E-state index contributed by atoms with van der Waals surface area (Å²) in [6, 6.07) is 6.01. The quantitative estimate of drug-likeness (QED) is 0.161. The third-order valence-corrected chi connectivity index (χ3v) is 5.91. The summed E-state index contributed by atoms with van der Waals surface area (Å²) < 4.78 is 15.2. The molecule has 0 bridgehead atoms. The minimum absolute atomic E-state index is 0.0394. The summed E-state index contributed by atoms with van der Waals surface area (Å²) >= 11 is 0. The molecule has 2 aromatic carbocycles. The number of phenols is 1. The number of nitrogens with zero attached hydrogens (tertiary/aromatic N) is 4. The number of aromatic hydroxyl groups is 1. The fourth-order valence-corrected chi connectivity index (χ4v) is 3.93. The number of rotatable bonds is 11. The first kappa shape index (κ1) is 27.1. The molecule has 0 saturated heterocycles. The van der Waals surface area contributed by atoms with E-state index in [2.05, 4.69) is 22.1 Å². The van der Waals surface area contributed by atoms with E-state index in [0.717, 1.165) is 17.3 Å². The molecular formula is C26H27N5O8. The lowest BCUT2D eigenvalue weighted by Crippen LogP contribution is -2.30. The number of amides is 3. The highest BCUT2D eigenvalue weighted by Gasteiger charge is 2.36. The van der Waals surface area contributed by atoms with Gasteiger partial charge in [-0.25, -0.2) is 9.59 Å². The average Bonchev–Trinajstić information content (AvgIpc) is 3.45. The molecular weight excluding hydrogens is 510 g/mol. The summed E-state index contributed by atoms with van der Waals surface area (Å²) in [4.78, 5) is 51.0. The van der Waals surface area contributed by atoms with E-state index in [4.69, 9.17) is 14.2 Å². The first-order chi connectivity index (χ1) is 18.8. The van der Waals surface area contributed by atoms with Crippen molar-refractivity contribution < 1.29 is 38.5 Å². The molecule has 39 heavy (non-hydrogen) atoms. The highest BCUT2D eigenvalue weighted by atomic mass is 16.6. The predicted octanol–water partition coefficient (Wildman–Crippen LogP) is 2.49. The van der Waals surface area contributed by atoms with Gasteiger partial charge in [0.1, 0.15) is 29.9 Å². The van der Waals surface area contributed by atoms with E-state index in [1.807, 2.05) is 6.92 Å². The largest absolute Gasteiger partial charge is 0.503 e. The van der Waals surface area contributed by atoms with Gasteiger partial charge in [-0.15, -0.1) is 15.0 Å². The molecule has 0 fully saturated rings. The van der Waals surface area contributed by atoms with Crippen molar-refractivity contribution in [1.29, 1.82) is 0 Å². The minimum atomic E-state index is -0.752. The van der Waals surface area contributed by atoms with Crippen LogP contribution in [0.4, 0.5) is 4.79 Å². The molecule has 1 aliphatic heterocycles. The zero-order valence-corrected chi connectivity index (χ0v) is 21.4. The van der Waals surface area contributed by atoms with Gasteiger partial charge >= 0.3 is 12.1 Å². The van der Waals surface area contributed by atoms with Gasteiger partial charge in [-0.1, -0.05) is 19.9 Å². The summed E-state index contributed by atoms with van der Waals surface area (Å²) in [7, 11) is 1.36. The van der Waals surface area contributed by atoms with Crippen LogP contribution in [0.25, 0.3) is 16.7 Å². The van der Waals surface area contributed by atoms with Gasteiger partial charge in [-0.05, 0) is 36.2 Å². The number of fused-ring (bicyclic) bond motifs is 2. The number of esters is 1. The maximum absolute atomic E-state index is 12.8. The molecule has 4 rings (SSSR count). The normalized spacial score (nSPS) is 12.4. The van der Waals surface area contributed by atoms with Crippen LogP contribution in [-0.2, 0) is 20.9 Å². The maximum atomic E-state index is 12.8. The van der Waals surface area contributed by atoms with Gasteiger partial charge in [0.25, 0.3) is 11.8 Å². The Morgan fingerprint density at radius 1 is 1.08 bits per heavy atom. The summed E-state index contributed by atoms with van der Waals surface area (Å²) in [6.07, 6.45) is 1.82. The van der Waals surface area contributed by atoms with Crippen LogP contribution >= 0.6 is 0 Å². The van der Waals surface area contributed by atoms with Crippen molar-refractivity contribution in [3.05, 3.63) is 53.6 Å². The van der Waals surface area contributed by atoms with Crippen molar-refractivity contribution in [1.82, 2.24) is 25.2 Å². The number of aromatic nitrogens is 3. The SMILES string of the molecule is C=CC(=O)OCCNC(=O)OCc1cc(OC)c(O)c(-n2nc3cc4c(cc3n2)C(=O)N(CCCC)C4=O)c1. The van der Waals surface area contributed by atoms with Crippen molar-refractivity contribution >= 4 is 34.9 Å². The number of phenolic OH excluding ortho intramolecular Hbond substituents is 1. The summed E-state index contributed by atoms with van der Waals surface area (Å²) in [5.41, 5.74) is 1.79. The second-order valence-electron chi connectivity index (χ2n) is 8.53. The summed E-state index contributed by atoms with van der Waals surface area (Å²) in [6.45, 7) is 5.40. The number of hydrogen-bond donors (Lipinski definition) is 2. The lowest BCUT2D eigenvalue weighted by molar-refractivity contribution is -0.137. The standard InChI is InChI=1S/C26H27N5O8/c1-4-6-8-30-24(34)16-12-18-19(13-17(16)25(30)35)29-31(28-18)20-10-15(11-21(37-3)23(20)33)14-39-26(36)27-7-9-38-22(32)5-2/h5,10-13,33H,2,4,6-9,14H2,1,3H3,(H,27,36). The predicted molar refractivity (Wildman–Crippen MR) is 137 cm³/mol. The van der Waals surface area contributed by atoms with Crippen LogP contribution in [0.2, 0.25) is 0 Å². The smallest absolute Gasteiger partial charge is 0.407 e. The molecule has 1 aliphatic rings. The van der Waals surface area contributed by atoms with E-state index in [0.29, 0.717) is 29.6 Å². The number of carbonyl (C=O) groups excluding carboxylic acids is 4. The van der Waals surface area contributed by atoms with Crippen molar-refractivity contribution in [3.8, 4) is 17.2 Å². The van der Waals surface area contributed by atoms with Crippen LogP contribution in [0, 0.1) is 0 Å². The number of alkyl carbamates (subject to hydrolysis) is 1. The molecule has 0 spiro atoms. The Balaban J connectivity index is 1.53. The number of imide groups is 1. The second kappa shape index (κ2) is 11.6. The van der Waals surface area contributed by atoms with Crippen molar-refractivity contribution in [2.24, 2.45) is 0 Å².